The summed E-state index contributed by atoms with van der Waals surface area (Å²) in [5.41, 5.74) is 3.87. The largest absolute Gasteiger partial charge is 0.364 e. The fourth-order valence-corrected chi connectivity index (χ4v) is 2.67. The summed E-state index contributed by atoms with van der Waals surface area (Å²) >= 11 is 1.67. The van der Waals surface area contributed by atoms with Crippen molar-refractivity contribution < 1.29 is 4.84 Å². The monoisotopic (exact) mass is 260 g/mol. The van der Waals surface area contributed by atoms with Crippen molar-refractivity contribution in [2.24, 2.45) is 15.9 Å². The standard InChI is InChI=1S/C12H12N4OS/c1-8-3-2-5-13-10(8)16-17-11-9-4-6-18-12(9)15-7-14-11/h2-7,9,12H,1H3,(H,13,16). The van der Waals surface area contributed by atoms with E-state index in [4.69, 9.17) is 4.84 Å². The van der Waals surface area contributed by atoms with E-state index in [2.05, 4.69) is 26.5 Å². The quantitative estimate of drug-likeness (QED) is 0.829. The number of aromatic nitrogens is 1. The van der Waals surface area contributed by atoms with Crippen LogP contribution in [-0.2, 0) is 4.84 Å². The first-order valence-corrected chi connectivity index (χ1v) is 6.55. The third-order valence-corrected chi connectivity index (χ3v) is 3.76. The Labute approximate surface area is 109 Å². The van der Waals surface area contributed by atoms with Crippen LogP contribution in [0.2, 0.25) is 0 Å². The maximum absolute atomic E-state index is 5.55. The normalized spacial score (nSPS) is 24.6. The second-order valence-corrected chi connectivity index (χ2v) is 5.01. The minimum Gasteiger partial charge on any atom is -0.364 e. The Bertz CT molecular complexity index is 541. The summed E-state index contributed by atoms with van der Waals surface area (Å²) in [6.07, 6.45) is 5.32. The average molecular weight is 260 g/mol. The van der Waals surface area contributed by atoms with Gasteiger partial charge in [-0.25, -0.2) is 15.5 Å². The van der Waals surface area contributed by atoms with Crippen LogP contribution in [-0.4, -0.2) is 22.6 Å². The van der Waals surface area contributed by atoms with Crippen molar-refractivity contribution in [3.8, 4) is 0 Å². The summed E-state index contributed by atoms with van der Waals surface area (Å²) in [7, 11) is 0. The highest BCUT2D eigenvalue weighted by atomic mass is 32.2. The van der Waals surface area contributed by atoms with Gasteiger partial charge in [0.25, 0.3) is 0 Å². The van der Waals surface area contributed by atoms with E-state index in [-0.39, 0.29) is 11.3 Å². The van der Waals surface area contributed by atoms with Crippen LogP contribution in [0.1, 0.15) is 5.56 Å². The van der Waals surface area contributed by atoms with Crippen molar-refractivity contribution in [2.75, 3.05) is 5.48 Å². The maximum Gasteiger partial charge on any atom is 0.233 e. The fourth-order valence-electron chi connectivity index (χ4n) is 1.75. The predicted molar refractivity (Wildman–Crippen MR) is 73.6 cm³/mol. The molecule has 3 rings (SSSR count). The Morgan fingerprint density at radius 3 is 3.28 bits per heavy atom. The van der Waals surface area contributed by atoms with Crippen LogP contribution in [0.15, 0.2) is 39.8 Å². The lowest BCUT2D eigenvalue weighted by Gasteiger charge is -2.19. The van der Waals surface area contributed by atoms with Crippen LogP contribution in [0, 0.1) is 12.8 Å². The molecule has 1 aromatic heterocycles. The molecule has 5 nitrogen and oxygen atoms in total. The molecule has 2 atom stereocenters. The summed E-state index contributed by atoms with van der Waals surface area (Å²) in [5, 5.41) is 2.19. The molecule has 0 spiro atoms. The molecule has 2 aliphatic heterocycles. The second-order valence-electron chi connectivity index (χ2n) is 3.99. The van der Waals surface area contributed by atoms with Gasteiger partial charge < -0.3 is 4.84 Å². The van der Waals surface area contributed by atoms with Crippen LogP contribution in [0.4, 0.5) is 5.82 Å². The van der Waals surface area contributed by atoms with Crippen molar-refractivity contribution >= 4 is 29.8 Å². The Kier molecular flexibility index (Phi) is 3.02. The Morgan fingerprint density at radius 1 is 1.44 bits per heavy atom. The third kappa shape index (κ3) is 2.11. The first-order valence-electron chi connectivity index (χ1n) is 5.60. The van der Waals surface area contributed by atoms with Gasteiger partial charge in [-0.05, 0) is 24.0 Å². The summed E-state index contributed by atoms with van der Waals surface area (Å²) in [6.45, 7) is 1.97. The molecule has 0 saturated carbocycles. The molecule has 92 valence electrons. The average Bonchev–Trinajstić information content (AvgIpc) is 2.86. The fraction of sp³-hybridized carbons (Fsp3) is 0.250. The van der Waals surface area contributed by atoms with E-state index in [1.54, 1.807) is 24.3 Å². The van der Waals surface area contributed by atoms with Gasteiger partial charge in [0.1, 0.15) is 11.7 Å². The van der Waals surface area contributed by atoms with E-state index in [9.17, 15) is 0 Å². The number of hydrogen-bond donors (Lipinski definition) is 1. The van der Waals surface area contributed by atoms with Crippen molar-refractivity contribution in [1.29, 1.82) is 0 Å². The highest BCUT2D eigenvalue weighted by Crippen LogP contribution is 2.33. The molecule has 0 bridgehead atoms. The van der Waals surface area contributed by atoms with Crippen molar-refractivity contribution in [3.63, 3.8) is 0 Å². The number of aryl methyl sites for hydroxylation is 1. The first-order chi connectivity index (χ1) is 8.84. The summed E-state index contributed by atoms with van der Waals surface area (Å²) in [5.74, 6) is 1.44. The molecule has 1 aromatic rings. The van der Waals surface area contributed by atoms with Crippen molar-refractivity contribution in [1.82, 2.24) is 4.98 Å². The summed E-state index contributed by atoms with van der Waals surface area (Å²) < 4.78 is 0. The number of anilines is 1. The van der Waals surface area contributed by atoms with E-state index >= 15 is 0 Å². The van der Waals surface area contributed by atoms with Gasteiger partial charge in [-0.3, -0.25) is 4.99 Å². The van der Waals surface area contributed by atoms with E-state index in [0.29, 0.717) is 11.7 Å². The van der Waals surface area contributed by atoms with E-state index in [1.165, 1.54) is 0 Å². The number of pyridine rings is 1. The highest BCUT2D eigenvalue weighted by molar-refractivity contribution is 8.03. The Hall–Kier alpha value is -1.82. The minimum atomic E-state index is 0.108. The minimum absolute atomic E-state index is 0.108. The third-order valence-electron chi connectivity index (χ3n) is 2.76. The van der Waals surface area contributed by atoms with Crippen LogP contribution >= 0.6 is 11.8 Å². The molecule has 6 heteroatoms. The topological polar surface area (TPSA) is 58.9 Å². The zero-order valence-electron chi connectivity index (χ0n) is 9.78. The van der Waals surface area contributed by atoms with E-state index in [0.717, 1.165) is 5.56 Å². The first kappa shape index (κ1) is 11.3. The molecule has 0 radical (unpaired) electrons. The molecule has 3 heterocycles. The molecule has 0 amide bonds. The lowest BCUT2D eigenvalue weighted by Crippen LogP contribution is -2.28. The number of aliphatic imine (C=N–C) groups is 2. The summed E-state index contributed by atoms with van der Waals surface area (Å²) in [6, 6.07) is 3.86. The summed E-state index contributed by atoms with van der Waals surface area (Å²) in [4.78, 5) is 18.2. The number of rotatable bonds is 2. The van der Waals surface area contributed by atoms with Gasteiger partial charge in [0.15, 0.2) is 5.82 Å². The van der Waals surface area contributed by atoms with Crippen molar-refractivity contribution in [3.05, 3.63) is 35.4 Å². The van der Waals surface area contributed by atoms with Crippen LogP contribution < -0.4 is 5.48 Å². The lowest BCUT2D eigenvalue weighted by molar-refractivity contribution is 0.364. The van der Waals surface area contributed by atoms with E-state index < -0.39 is 0 Å². The molecule has 0 aromatic carbocycles. The zero-order chi connectivity index (χ0) is 12.4. The number of hydrogen-bond acceptors (Lipinski definition) is 6. The molecular weight excluding hydrogens is 248 g/mol. The SMILES string of the molecule is Cc1cccnc1NOC1=NC=NC2SC=CC12. The number of fused-ring (bicyclic) bond motifs is 1. The number of thioether (sulfide) groups is 1. The Balaban J connectivity index is 1.70. The van der Waals surface area contributed by atoms with Gasteiger partial charge >= 0.3 is 0 Å². The van der Waals surface area contributed by atoms with Gasteiger partial charge in [0.05, 0.1) is 5.92 Å². The molecule has 0 aliphatic carbocycles. The Morgan fingerprint density at radius 2 is 2.39 bits per heavy atom. The number of nitrogens with zero attached hydrogens (tertiary/aromatic N) is 3. The van der Waals surface area contributed by atoms with E-state index in [1.807, 2.05) is 24.5 Å². The molecule has 2 aliphatic rings. The van der Waals surface area contributed by atoms with Crippen molar-refractivity contribution in [2.45, 2.75) is 12.3 Å². The van der Waals surface area contributed by atoms with Gasteiger partial charge in [-0.2, -0.15) is 0 Å². The smallest absolute Gasteiger partial charge is 0.233 e. The molecule has 0 fully saturated rings. The molecule has 1 N–H and O–H groups in total. The lowest BCUT2D eigenvalue weighted by atomic mass is 10.1. The van der Waals surface area contributed by atoms with Gasteiger partial charge in [-0.15, -0.1) is 11.8 Å². The predicted octanol–water partition coefficient (Wildman–Crippen LogP) is 2.38. The van der Waals surface area contributed by atoms with Crippen LogP contribution in [0.5, 0.6) is 0 Å². The van der Waals surface area contributed by atoms with Gasteiger partial charge in [0.2, 0.25) is 5.90 Å². The maximum atomic E-state index is 5.55. The van der Waals surface area contributed by atoms with Crippen LogP contribution in [0.3, 0.4) is 0 Å². The molecular formula is C12H12N4OS. The number of nitrogens with one attached hydrogen (secondary N) is 1. The van der Waals surface area contributed by atoms with Gasteiger partial charge in [-0.1, -0.05) is 12.1 Å². The second kappa shape index (κ2) is 4.81. The zero-order valence-corrected chi connectivity index (χ0v) is 10.6. The molecule has 0 saturated heterocycles. The molecule has 2 unspecified atom stereocenters. The van der Waals surface area contributed by atoms with Crippen LogP contribution in [0.25, 0.3) is 0 Å². The van der Waals surface area contributed by atoms with Gasteiger partial charge in [0, 0.05) is 6.20 Å². The highest BCUT2D eigenvalue weighted by Gasteiger charge is 2.31. The molecule has 18 heavy (non-hydrogen) atoms.